The Bertz CT molecular complexity index is 1710. The normalized spacial score (nSPS) is 41.7. The molecule has 7 rings (SSSR count). The van der Waals surface area contributed by atoms with Gasteiger partial charge in [0.05, 0.1) is 23.0 Å². The number of nitrogens with one attached hydrogen (secondary N) is 1. The summed E-state index contributed by atoms with van der Waals surface area (Å²) in [5, 5.41) is 66.7. The molecule has 11 atom stereocenters. The van der Waals surface area contributed by atoms with E-state index < -0.39 is 65.1 Å². The van der Waals surface area contributed by atoms with E-state index in [1.165, 1.54) is 5.56 Å². The van der Waals surface area contributed by atoms with Crippen LogP contribution in [0, 0.1) is 16.7 Å². The fourth-order valence-corrected chi connectivity index (χ4v) is 11.1. The van der Waals surface area contributed by atoms with Gasteiger partial charge in [-0.2, -0.15) is 0 Å². The monoisotopic (exact) mass is 707 g/mol. The first-order chi connectivity index (χ1) is 24.0. The van der Waals surface area contributed by atoms with E-state index in [9.17, 15) is 40.2 Å². The van der Waals surface area contributed by atoms with Crippen LogP contribution in [0.5, 0.6) is 11.5 Å². The average Bonchev–Trinajstić information content (AvgIpc) is 3.10. The molecule has 2 aromatic rings. The van der Waals surface area contributed by atoms with Crippen molar-refractivity contribution in [2.75, 3.05) is 6.61 Å². The molecule has 2 amide bonds. The molecular weight excluding hydrogens is 654 g/mol. The molecule has 2 saturated carbocycles. The third kappa shape index (κ3) is 5.28. The molecule has 4 aliphatic carbocycles. The van der Waals surface area contributed by atoms with E-state index in [4.69, 9.17) is 9.47 Å². The van der Waals surface area contributed by atoms with Gasteiger partial charge < -0.3 is 40.1 Å². The number of aryl methyl sites for hydroxylation is 2. The number of aliphatic hydroxyl groups is 5. The number of fused-ring (bicyclic) bond motifs is 6. The van der Waals surface area contributed by atoms with Gasteiger partial charge in [-0.15, -0.1) is 0 Å². The van der Waals surface area contributed by atoms with E-state index in [0.717, 1.165) is 42.4 Å². The van der Waals surface area contributed by atoms with Crippen LogP contribution in [0.4, 0.5) is 0 Å². The molecule has 0 aromatic heterocycles. The minimum atomic E-state index is -1.59. The van der Waals surface area contributed by atoms with E-state index in [1.807, 2.05) is 32.0 Å². The number of phenolic OH excluding ortho intramolecular Hbond substituents is 1. The molecule has 0 spiro atoms. The summed E-state index contributed by atoms with van der Waals surface area (Å²) in [6.07, 6.45) is -0.808. The number of phenols is 1. The molecule has 3 fully saturated rings. The number of aliphatic hydroxyl groups excluding tert-OH is 4. The molecule has 0 bridgehead atoms. The van der Waals surface area contributed by atoms with Gasteiger partial charge in [0.25, 0.3) is 0 Å². The lowest BCUT2D eigenvalue weighted by atomic mass is 9.46. The number of imide groups is 1. The lowest BCUT2D eigenvalue weighted by Gasteiger charge is -2.60. The molecule has 1 heterocycles. The topological polar surface area (TPSA) is 186 Å². The lowest BCUT2D eigenvalue weighted by molar-refractivity contribution is -0.277. The van der Waals surface area contributed by atoms with E-state index in [0.29, 0.717) is 44.3 Å². The number of rotatable bonds is 5. The van der Waals surface area contributed by atoms with Crippen molar-refractivity contribution < 1.29 is 49.7 Å². The van der Waals surface area contributed by atoms with E-state index in [2.05, 4.69) is 12.2 Å². The third-order valence-corrected chi connectivity index (χ3v) is 14.3. The van der Waals surface area contributed by atoms with E-state index in [1.54, 1.807) is 25.1 Å². The number of amides is 2. The van der Waals surface area contributed by atoms with Crippen LogP contribution in [0.3, 0.4) is 0 Å². The summed E-state index contributed by atoms with van der Waals surface area (Å²) in [6, 6.07) is 10.9. The Kier molecular flexibility index (Phi) is 8.92. The van der Waals surface area contributed by atoms with Crippen LogP contribution in [0.25, 0.3) is 0 Å². The van der Waals surface area contributed by atoms with Crippen molar-refractivity contribution in [2.45, 2.75) is 139 Å². The first-order valence-electron chi connectivity index (χ1n) is 18.5. The van der Waals surface area contributed by atoms with Crippen LogP contribution in [0.15, 0.2) is 36.4 Å². The predicted molar refractivity (Wildman–Crippen MR) is 186 cm³/mol. The number of carbonyl (C=O) groups is 2. The van der Waals surface area contributed by atoms with E-state index >= 15 is 0 Å². The maximum absolute atomic E-state index is 14.5. The van der Waals surface area contributed by atoms with Crippen molar-refractivity contribution in [1.82, 2.24) is 5.32 Å². The predicted octanol–water partition coefficient (Wildman–Crippen LogP) is 3.05. The van der Waals surface area contributed by atoms with Gasteiger partial charge in [0, 0.05) is 5.41 Å². The Hall–Kier alpha value is -3.06. The highest BCUT2D eigenvalue weighted by atomic mass is 16.7. The molecule has 2 aromatic carbocycles. The second-order valence-electron chi connectivity index (χ2n) is 16.9. The summed E-state index contributed by atoms with van der Waals surface area (Å²) in [4.78, 5) is 29.0. The second-order valence-corrected chi connectivity index (χ2v) is 16.9. The first-order valence-corrected chi connectivity index (χ1v) is 18.5. The third-order valence-electron chi connectivity index (χ3n) is 14.3. The smallest absolute Gasteiger partial charge is 0.235 e. The Morgan fingerprint density at radius 1 is 0.843 bits per heavy atom. The summed E-state index contributed by atoms with van der Waals surface area (Å²) in [6.45, 7) is 7.31. The maximum atomic E-state index is 14.5. The molecular formula is C40H53NO10. The van der Waals surface area contributed by atoms with Gasteiger partial charge in [-0.1, -0.05) is 45.7 Å². The Balaban J connectivity index is 1.15. The largest absolute Gasteiger partial charge is 0.508 e. The Morgan fingerprint density at radius 3 is 2.29 bits per heavy atom. The van der Waals surface area contributed by atoms with Crippen LogP contribution < -0.4 is 10.1 Å². The van der Waals surface area contributed by atoms with Gasteiger partial charge in [-0.3, -0.25) is 14.9 Å². The molecule has 7 N–H and O–H groups in total. The van der Waals surface area contributed by atoms with Crippen molar-refractivity contribution in [3.63, 3.8) is 0 Å². The number of ether oxygens (including phenoxy) is 2. The van der Waals surface area contributed by atoms with Crippen LogP contribution in [-0.4, -0.2) is 85.4 Å². The summed E-state index contributed by atoms with van der Waals surface area (Å²) in [5.41, 5.74) is -0.783. The molecule has 0 unspecified atom stereocenters. The highest BCUT2D eigenvalue weighted by Crippen LogP contribution is 2.61. The van der Waals surface area contributed by atoms with Crippen LogP contribution >= 0.6 is 0 Å². The van der Waals surface area contributed by atoms with Crippen molar-refractivity contribution in [3.05, 3.63) is 58.7 Å². The van der Waals surface area contributed by atoms with Gasteiger partial charge in [-0.05, 0) is 116 Å². The summed E-state index contributed by atoms with van der Waals surface area (Å²) >= 11 is 0. The molecule has 278 valence electrons. The number of carbonyl (C=O) groups excluding carboxylic acids is 2. The lowest BCUT2D eigenvalue weighted by Crippen LogP contribution is -2.69. The van der Waals surface area contributed by atoms with Gasteiger partial charge in [-0.25, -0.2) is 0 Å². The van der Waals surface area contributed by atoms with Crippen molar-refractivity contribution in [3.8, 4) is 11.5 Å². The summed E-state index contributed by atoms with van der Waals surface area (Å²) in [7, 11) is 0. The Labute approximate surface area is 299 Å². The van der Waals surface area contributed by atoms with Crippen LogP contribution in [-0.2, 0) is 38.0 Å². The number of hydrogen-bond donors (Lipinski definition) is 7. The molecule has 51 heavy (non-hydrogen) atoms. The first kappa shape index (κ1) is 36.3. The molecule has 1 aliphatic heterocycles. The highest BCUT2D eigenvalue weighted by Gasteiger charge is 2.66. The van der Waals surface area contributed by atoms with Gasteiger partial charge in [0.1, 0.15) is 35.9 Å². The van der Waals surface area contributed by atoms with E-state index in [-0.39, 0.29) is 23.0 Å². The van der Waals surface area contributed by atoms with Crippen LogP contribution in [0.2, 0.25) is 0 Å². The zero-order valence-corrected chi connectivity index (χ0v) is 30.0. The number of aromatic hydroxyl groups is 1. The SMILES string of the molecule is C[C@]1(C(=O)NC(=O)[C@@]2(C)CCC[C@]3(C)c4cc(O[C@@H]5O[C@H](CO)[C@@H](O)[C@H](O)[C@H]5O)ccc4CC[C@@]23O)CCC[C@]2(C)c3cc(O)ccc3CC[C@@H]12. The second kappa shape index (κ2) is 12.5. The molecule has 5 aliphatic rings. The van der Waals surface area contributed by atoms with Crippen LogP contribution in [0.1, 0.15) is 101 Å². The Morgan fingerprint density at radius 2 is 1.55 bits per heavy atom. The zero-order valence-electron chi connectivity index (χ0n) is 30.0. The minimum absolute atomic E-state index is 0.0305. The van der Waals surface area contributed by atoms with Gasteiger partial charge in [0.15, 0.2) is 0 Å². The highest BCUT2D eigenvalue weighted by molar-refractivity contribution is 6.01. The maximum Gasteiger partial charge on any atom is 0.235 e. The molecule has 1 saturated heterocycles. The summed E-state index contributed by atoms with van der Waals surface area (Å²) in [5.74, 6) is -0.301. The number of benzene rings is 2. The fourth-order valence-electron chi connectivity index (χ4n) is 11.1. The quantitative estimate of drug-likeness (QED) is 0.228. The molecule has 11 heteroatoms. The number of hydrogen-bond acceptors (Lipinski definition) is 10. The van der Waals surface area contributed by atoms with Crippen molar-refractivity contribution in [1.29, 1.82) is 0 Å². The fraction of sp³-hybridized carbons (Fsp3) is 0.650. The van der Waals surface area contributed by atoms with Gasteiger partial charge >= 0.3 is 0 Å². The summed E-state index contributed by atoms with van der Waals surface area (Å²) < 4.78 is 11.6. The molecule has 0 radical (unpaired) electrons. The standard InChI is InChI=1S/C40H53NO10/c1-36-14-5-15-37(2,29(36)12-9-22-7-10-24(43)19-26(22)36)34(47)41-35(48)39(4)17-6-16-38(3)27-20-25(11-8-23(27)13-18-40(38,39)49)50-33-32(46)31(45)30(44)28(21-42)51-33/h7-8,10-11,19-20,28-33,42-46,49H,5-6,9,12-18,21H2,1-4H3,(H,41,47,48)/t28-,29-,30-,31+,32-,33-,36-,37+,38-,39-,40+/m1/s1. The minimum Gasteiger partial charge on any atom is -0.508 e. The van der Waals surface area contributed by atoms with Gasteiger partial charge in [0.2, 0.25) is 18.1 Å². The molecule has 11 nitrogen and oxygen atoms in total. The zero-order chi connectivity index (χ0) is 36.7. The average molecular weight is 708 g/mol. The van der Waals surface area contributed by atoms with Crippen molar-refractivity contribution in [2.24, 2.45) is 16.7 Å². The van der Waals surface area contributed by atoms with Crippen molar-refractivity contribution >= 4 is 11.8 Å².